The number of para-hydroxylation sites is 1. The second-order valence-corrected chi connectivity index (χ2v) is 7.13. The van der Waals surface area contributed by atoms with Gasteiger partial charge in [-0.2, -0.15) is 0 Å². The number of rotatable bonds is 6. The molecule has 2 aromatic carbocycles. The van der Waals surface area contributed by atoms with Gasteiger partial charge in [-0.05, 0) is 0 Å². The molecule has 0 aromatic heterocycles. The normalized spacial score (nSPS) is 12.2. The van der Waals surface area contributed by atoms with Crippen molar-refractivity contribution < 1.29 is 9.84 Å². The van der Waals surface area contributed by atoms with E-state index in [1.807, 2.05) is 30.3 Å². The summed E-state index contributed by atoms with van der Waals surface area (Å²) in [5, 5.41) is 10.8. The summed E-state index contributed by atoms with van der Waals surface area (Å²) in [6.45, 7) is 4.61. The second kappa shape index (κ2) is 7.49. The van der Waals surface area contributed by atoms with Gasteiger partial charge in [-0.15, -0.1) is 0 Å². The molecular weight excluding hydrogens is 315 g/mol. The van der Waals surface area contributed by atoms with E-state index in [1.165, 1.54) is 15.6 Å². The van der Waals surface area contributed by atoms with Crippen LogP contribution in [0.5, 0.6) is 5.75 Å². The third-order valence-electron chi connectivity index (χ3n) is 3.11. The fourth-order valence-electron chi connectivity index (χ4n) is 1.75. The summed E-state index contributed by atoms with van der Waals surface area (Å²) in [4.78, 5) is 0. The molecule has 0 heterocycles. The van der Waals surface area contributed by atoms with Crippen LogP contribution in [0.4, 0.5) is 0 Å². The molecule has 2 rings (SSSR count). The van der Waals surface area contributed by atoms with Crippen molar-refractivity contribution in [3.05, 3.63) is 59.7 Å². The summed E-state index contributed by atoms with van der Waals surface area (Å²) in [6.07, 6.45) is -0.406. The van der Waals surface area contributed by atoms with Crippen LogP contribution in [-0.4, -0.2) is 32.8 Å². The van der Waals surface area contributed by atoms with E-state index in [0.29, 0.717) is 6.61 Å². The van der Waals surface area contributed by atoms with Crippen LogP contribution in [0.1, 0.15) is 11.1 Å². The molecule has 0 fully saturated rings. The Bertz CT molecular complexity index is 540. The minimum atomic E-state index is -0.406. The first kappa shape index (κ1) is 15.1. The van der Waals surface area contributed by atoms with Crippen LogP contribution in [0, 0.1) is 13.8 Å². The summed E-state index contributed by atoms with van der Waals surface area (Å²) >= 11 is 0.290. The van der Waals surface area contributed by atoms with Gasteiger partial charge in [0.05, 0.1) is 0 Å². The van der Waals surface area contributed by atoms with Crippen molar-refractivity contribution in [3.63, 3.8) is 0 Å². The van der Waals surface area contributed by atoms with Crippen molar-refractivity contribution in [1.82, 2.24) is 0 Å². The molecule has 0 amide bonds. The van der Waals surface area contributed by atoms with Gasteiger partial charge in [-0.1, -0.05) is 0 Å². The van der Waals surface area contributed by atoms with E-state index in [9.17, 15) is 5.11 Å². The van der Waals surface area contributed by atoms with Crippen LogP contribution in [0.15, 0.2) is 48.5 Å². The standard InChI is InChI=1S/C17H20O2Se/c1-13-8-9-17(10-14(13)2)20-12-15(18)11-19-16-6-4-3-5-7-16/h3-10,15,18H,11-12H2,1-2H3. The monoisotopic (exact) mass is 336 g/mol. The first-order chi connectivity index (χ1) is 9.65. The Morgan fingerprint density at radius 2 is 1.80 bits per heavy atom. The Hall–Kier alpha value is -1.28. The Morgan fingerprint density at radius 1 is 1.05 bits per heavy atom. The molecule has 0 bridgehead atoms. The Labute approximate surface area is 127 Å². The quantitative estimate of drug-likeness (QED) is 0.822. The van der Waals surface area contributed by atoms with Crippen molar-refractivity contribution in [3.8, 4) is 5.75 Å². The van der Waals surface area contributed by atoms with E-state index in [1.54, 1.807) is 0 Å². The van der Waals surface area contributed by atoms with Crippen molar-refractivity contribution in [2.75, 3.05) is 6.61 Å². The number of ether oxygens (including phenoxy) is 1. The van der Waals surface area contributed by atoms with Crippen LogP contribution >= 0.6 is 0 Å². The number of aliphatic hydroxyl groups is 1. The van der Waals surface area contributed by atoms with Crippen LogP contribution < -0.4 is 9.20 Å². The van der Waals surface area contributed by atoms with Gasteiger partial charge in [0, 0.05) is 0 Å². The Kier molecular flexibility index (Phi) is 5.66. The molecule has 0 saturated heterocycles. The molecule has 1 unspecified atom stereocenters. The fraction of sp³-hybridized carbons (Fsp3) is 0.294. The zero-order valence-corrected chi connectivity index (χ0v) is 13.6. The number of hydrogen-bond donors (Lipinski definition) is 1. The van der Waals surface area contributed by atoms with Gasteiger partial charge in [-0.25, -0.2) is 0 Å². The number of aryl methyl sites for hydroxylation is 2. The third kappa shape index (κ3) is 4.68. The van der Waals surface area contributed by atoms with E-state index >= 15 is 0 Å². The van der Waals surface area contributed by atoms with Crippen LogP contribution in [0.3, 0.4) is 0 Å². The van der Waals surface area contributed by atoms with Gasteiger partial charge >= 0.3 is 127 Å². The van der Waals surface area contributed by atoms with E-state index in [0.717, 1.165) is 11.1 Å². The van der Waals surface area contributed by atoms with Gasteiger partial charge < -0.3 is 0 Å². The summed E-state index contributed by atoms with van der Waals surface area (Å²) in [7, 11) is 0. The van der Waals surface area contributed by atoms with Crippen LogP contribution in [0.2, 0.25) is 5.32 Å². The molecule has 0 aliphatic carbocycles. The molecule has 0 saturated carbocycles. The van der Waals surface area contributed by atoms with Crippen LogP contribution in [-0.2, 0) is 0 Å². The molecule has 0 spiro atoms. The average molecular weight is 335 g/mol. The molecule has 106 valence electrons. The maximum atomic E-state index is 9.99. The number of aliphatic hydroxyl groups excluding tert-OH is 1. The van der Waals surface area contributed by atoms with Crippen molar-refractivity contribution >= 4 is 19.4 Å². The van der Waals surface area contributed by atoms with Gasteiger partial charge in [0.2, 0.25) is 0 Å². The van der Waals surface area contributed by atoms with Crippen molar-refractivity contribution in [2.45, 2.75) is 25.3 Å². The van der Waals surface area contributed by atoms with Gasteiger partial charge in [0.25, 0.3) is 0 Å². The topological polar surface area (TPSA) is 29.5 Å². The second-order valence-electron chi connectivity index (χ2n) is 4.83. The zero-order valence-electron chi connectivity index (χ0n) is 11.9. The summed E-state index contributed by atoms with van der Waals surface area (Å²) < 4.78 is 6.89. The first-order valence-electron chi connectivity index (χ1n) is 6.71. The van der Waals surface area contributed by atoms with Gasteiger partial charge in [0.1, 0.15) is 0 Å². The SMILES string of the molecule is Cc1ccc([Se]CC(O)COc2ccccc2)cc1C. The molecule has 2 nitrogen and oxygen atoms in total. The van der Waals surface area contributed by atoms with E-state index in [4.69, 9.17) is 4.74 Å². The predicted octanol–water partition coefficient (Wildman–Crippen LogP) is 2.49. The number of benzene rings is 2. The maximum absolute atomic E-state index is 9.99. The molecule has 3 heteroatoms. The molecule has 2 aromatic rings. The van der Waals surface area contributed by atoms with E-state index in [2.05, 4.69) is 32.0 Å². The summed E-state index contributed by atoms with van der Waals surface area (Å²) in [5.41, 5.74) is 2.64. The molecule has 1 N–H and O–H groups in total. The molecule has 0 aliphatic rings. The fourth-order valence-corrected chi connectivity index (χ4v) is 3.65. The molecular formula is C17H20O2Se. The minimum absolute atomic E-state index is 0.290. The molecule has 0 aliphatic heterocycles. The first-order valence-corrected chi connectivity index (χ1v) is 8.78. The third-order valence-corrected chi connectivity index (χ3v) is 5.50. The number of hydrogen-bond acceptors (Lipinski definition) is 2. The van der Waals surface area contributed by atoms with Gasteiger partial charge in [-0.3, -0.25) is 0 Å². The Morgan fingerprint density at radius 3 is 2.50 bits per heavy atom. The van der Waals surface area contributed by atoms with Crippen molar-refractivity contribution in [1.29, 1.82) is 0 Å². The summed E-state index contributed by atoms with van der Waals surface area (Å²) in [6, 6.07) is 16.2. The van der Waals surface area contributed by atoms with Crippen molar-refractivity contribution in [2.24, 2.45) is 0 Å². The van der Waals surface area contributed by atoms with Gasteiger partial charge in [0.15, 0.2) is 0 Å². The predicted molar refractivity (Wildman–Crippen MR) is 84.1 cm³/mol. The molecule has 20 heavy (non-hydrogen) atoms. The molecule has 0 radical (unpaired) electrons. The van der Waals surface area contributed by atoms with E-state index in [-0.39, 0.29) is 15.0 Å². The van der Waals surface area contributed by atoms with E-state index < -0.39 is 6.10 Å². The van der Waals surface area contributed by atoms with Crippen LogP contribution in [0.25, 0.3) is 0 Å². The zero-order chi connectivity index (χ0) is 14.4. The summed E-state index contributed by atoms with van der Waals surface area (Å²) in [5.74, 6) is 0.810. The average Bonchev–Trinajstić information content (AvgIpc) is 2.47. The molecule has 1 atom stereocenters. The Balaban J connectivity index is 1.77.